The lowest BCUT2D eigenvalue weighted by Gasteiger charge is -2.23. The minimum absolute atomic E-state index is 0.130. The highest BCUT2D eigenvalue weighted by Gasteiger charge is 2.21. The van der Waals surface area contributed by atoms with Crippen molar-refractivity contribution in [3.63, 3.8) is 0 Å². The quantitative estimate of drug-likeness (QED) is 0.642. The molecule has 1 rings (SSSR count). The minimum Gasteiger partial charge on any atom is -0.377 e. The molecule has 1 N–H and O–H groups in total. The van der Waals surface area contributed by atoms with Gasteiger partial charge in [0.05, 0.1) is 10.5 Å². The van der Waals surface area contributed by atoms with Crippen LogP contribution in [0.4, 0.5) is 11.4 Å². The Morgan fingerprint density at radius 3 is 2.52 bits per heavy atom. The van der Waals surface area contributed by atoms with Gasteiger partial charge < -0.3 is 15.0 Å². The van der Waals surface area contributed by atoms with E-state index in [2.05, 4.69) is 5.32 Å². The zero-order valence-electron chi connectivity index (χ0n) is 13.0. The van der Waals surface area contributed by atoms with Gasteiger partial charge in [-0.3, -0.25) is 14.9 Å². The van der Waals surface area contributed by atoms with Crippen molar-refractivity contribution in [2.45, 2.75) is 19.4 Å². The van der Waals surface area contributed by atoms with Crippen LogP contribution in [0.15, 0.2) is 18.2 Å². The van der Waals surface area contributed by atoms with Gasteiger partial charge in [0.1, 0.15) is 5.69 Å². The van der Waals surface area contributed by atoms with Crippen molar-refractivity contribution in [2.75, 3.05) is 33.1 Å². The van der Waals surface area contributed by atoms with Crippen LogP contribution in [-0.2, 0) is 4.74 Å². The van der Waals surface area contributed by atoms with Crippen molar-refractivity contribution in [3.8, 4) is 0 Å². The molecule has 0 aliphatic heterocycles. The van der Waals surface area contributed by atoms with Crippen LogP contribution in [0.1, 0.15) is 24.2 Å². The molecule has 21 heavy (non-hydrogen) atoms. The number of nitrogens with zero attached hydrogens (tertiary/aromatic N) is 2. The monoisotopic (exact) mass is 295 g/mol. The molecule has 1 amide bonds. The fourth-order valence-corrected chi connectivity index (χ4v) is 1.60. The van der Waals surface area contributed by atoms with E-state index >= 15 is 0 Å². The smallest absolute Gasteiger partial charge is 0.293 e. The van der Waals surface area contributed by atoms with E-state index in [1.165, 1.54) is 11.0 Å². The number of nitrogens with one attached hydrogen (secondary N) is 1. The summed E-state index contributed by atoms with van der Waals surface area (Å²) in [6, 6.07) is 4.39. The number of benzene rings is 1. The van der Waals surface area contributed by atoms with Crippen LogP contribution < -0.4 is 5.32 Å². The van der Waals surface area contributed by atoms with E-state index in [1.807, 2.05) is 13.8 Å². The number of methoxy groups -OCH3 is 1. The van der Waals surface area contributed by atoms with Gasteiger partial charge in [0.2, 0.25) is 0 Å². The van der Waals surface area contributed by atoms with Crippen LogP contribution in [-0.4, -0.2) is 49.1 Å². The Kier molecular flexibility index (Phi) is 5.26. The molecule has 1 aromatic carbocycles. The van der Waals surface area contributed by atoms with Crippen LogP contribution in [0.3, 0.4) is 0 Å². The maximum Gasteiger partial charge on any atom is 0.293 e. The Morgan fingerprint density at radius 2 is 2.05 bits per heavy atom. The van der Waals surface area contributed by atoms with Gasteiger partial charge in [-0.15, -0.1) is 0 Å². The predicted octanol–water partition coefficient (Wildman–Crippen LogP) is 2.13. The van der Waals surface area contributed by atoms with E-state index in [9.17, 15) is 14.9 Å². The highest BCUT2D eigenvalue weighted by atomic mass is 16.6. The van der Waals surface area contributed by atoms with Crippen molar-refractivity contribution >= 4 is 17.3 Å². The Bertz CT molecular complexity index is 541. The van der Waals surface area contributed by atoms with Crippen molar-refractivity contribution in [1.29, 1.82) is 0 Å². The van der Waals surface area contributed by atoms with Gasteiger partial charge in [0, 0.05) is 39.4 Å². The molecule has 7 nitrogen and oxygen atoms in total. The van der Waals surface area contributed by atoms with E-state index in [0.29, 0.717) is 12.2 Å². The van der Waals surface area contributed by atoms with Crippen LogP contribution in [0.25, 0.3) is 0 Å². The van der Waals surface area contributed by atoms with Crippen molar-refractivity contribution in [3.05, 3.63) is 33.9 Å². The first-order chi connectivity index (χ1) is 9.68. The molecule has 116 valence electrons. The topological polar surface area (TPSA) is 84.7 Å². The average Bonchev–Trinajstić information content (AvgIpc) is 2.44. The van der Waals surface area contributed by atoms with Crippen LogP contribution in [0, 0.1) is 10.1 Å². The molecular formula is C14H21N3O4. The molecule has 0 bridgehead atoms. The summed E-state index contributed by atoms with van der Waals surface area (Å²) >= 11 is 0. The molecule has 0 saturated carbocycles. The summed E-state index contributed by atoms with van der Waals surface area (Å²) in [4.78, 5) is 23.9. The first-order valence-corrected chi connectivity index (χ1v) is 6.47. The lowest BCUT2D eigenvalue weighted by atomic mass is 10.1. The molecule has 7 heteroatoms. The van der Waals surface area contributed by atoms with Crippen molar-refractivity contribution in [2.24, 2.45) is 0 Å². The molecule has 0 heterocycles. The first kappa shape index (κ1) is 16.9. The molecule has 0 aromatic heterocycles. The van der Waals surface area contributed by atoms with E-state index in [-0.39, 0.29) is 17.2 Å². The second kappa shape index (κ2) is 6.53. The fourth-order valence-electron chi connectivity index (χ4n) is 1.60. The van der Waals surface area contributed by atoms with Crippen LogP contribution >= 0.6 is 0 Å². The van der Waals surface area contributed by atoms with E-state index < -0.39 is 10.5 Å². The third kappa shape index (κ3) is 4.42. The number of carbonyl (C=O) groups is 1. The van der Waals surface area contributed by atoms with Gasteiger partial charge in [0.25, 0.3) is 11.6 Å². The lowest BCUT2D eigenvalue weighted by Crippen LogP contribution is -2.32. The number of hydrogen-bond acceptors (Lipinski definition) is 5. The molecule has 0 radical (unpaired) electrons. The molecule has 0 spiro atoms. The highest BCUT2D eigenvalue weighted by molar-refractivity contribution is 5.95. The number of hydrogen-bond donors (Lipinski definition) is 1. The fraction of sp³-hybridized carbons (Fsp3) is 0.500. The normalized spacial score (nSPS) is 11.1. The molecule has 0 atom stereocenters. The summed E-state index contributed by atoms with van der Waals surface area (Å²) in [6.45, 7) is 4.15. The molecule has 0 aliphatic rings. The number of rotatable bonds is 6. The van der Waals surface area contributed by atoms with Crippen LogP contribution in [0.2, 0.25) is 0 Å². The predicted molar refractivity (Wildman–Crippen MR) is 80.7 cm³/mol. The van der Waals surface area contributed by atoms with Gasteiger partial charge in [0.15, 0.2) is 0 Å². The molecule has 0 saturated heterocycles. The lowest BCUT2D eigenvalue weighted by molar-refractivity contribution is -0.384. The average molecular weight is 295 g/mol. The van der Waals surface area contributed by atoms with Gasteiger partial charge >= 0.3 is 0 Å². The first-order valence-electron chi connectivity index (χ1n) is 6.47. The van der Waals surface area contributed by atoms with E-state index in [0.717, 1.165) is 0 Å². The zero-order valence-corrected chi connectivity index (χ0v) is 13.0. The van der Waals surface area contributed by atoms with Crippen LogP contribution in [0.5, 0.6) is 0 Å². The summed E-state index contributed by atoms with van der Waals surface area (Å²) in [5.41, 5.74) is 0.0599. The number of amides is 1. The Balaban J connectivity index is 3.06. The molecule has 0 unspecified atom stereocenters. The second-order valence-corrected chi connectivity index (χ2v) is 5.51. The summed E-state index contributed by atoms with van der Waals surface area (Å²) in [5, 5.41) is 14.2. The summed E-state index contributed by atoms with van der Waals surface area (Å²) < 4.78 is 5.26. The summed E-state index contributed by atoms with van der Waals surface area (Å²) in [7, 11) is 4.78. The minimum atomic E-state index is -0.505. The Morgan fingerprint density at radius 1 is 1.43 bits per heavy atom. The van der Waals surface area contributed by atoms with Crippen molar-refractivity contribution < 1.29 is 14.5 Å². The Hall–Kier alpha value is -2.15. The summed E-state index contributed by atoms with van der Waals surface area (Å²) in [5.74, 6) is -0.276. The molecule has 0 aliphatic carbocycles. The number of nitro benzene ring substituents is 1. The van der Waals surface area contributed by atoms with Gasteiger partial charge in [-0.05, 0) is 26.0 Å². The zero-order chi connectivity index (χ0) is 16.2. The molecule has 1 aromatic rings. The third-order valence-corrected chi connectivity index (χ3v) is 3.10. The molecular weight excluding hydrogens is 274 g/mol. The number of ether oxygens (including phenoxy) is 1. The Labute approximate surface area is 124 Å². The number of anilines is 1. The van der Waals surface area contributed by atoms with E-state index in [4.69, 9.17) is 4.74 Å². The SMILES string of the molecule is COC(C)(C)CNc1ccc(C(=O)N(C)C)cc1[N+](=O)[O-]. The van der Waals surface area contributed by atoms with Gasteiger partial charge in [-0.1, -0.05) is 0 Å². The highest BCUT2D eigenvalue weighted by Crippen LogP contribution is 2.26. The van der Waals surface area contributed by atoms with Gasteiger partial charge in [-0.25, -0.2) is 0 Å². The molecule has 0 fully saturated rings. The third-order valence-electron chi connectivity index (χ3n) is 3.10. The number of carbonyl (C=O) groups excluding carboxylic acids is 1. The largest absolute Gasteiger partial charge is 0.377 e. The standard InChI is InChI=1S/C14H21N3O4/c1-14(2,21-5)9-15-11-7-6-10(13(18)16(3)4)8-12(11)17(19)20/h6-8,15H,9H2,1-5H3. The maximum absolute atomic E-state index is 11.9. The second-order valence-electron chi connectivity index (χ2n) is 5.51. The summed E-state index contributed by atoms with van der Waals surface area (Å²) in [6.07, 6.45) is 0. The van der Waals surface area contributed by atoms with E-state index in [1.54, 1.807) is 33.3 Å². The number of nitro groups is 1. The maximum atomic E-state index is 11.9. The van der Waals surface area contributed by atoms with Crippen molar-refractivity contribution in [1.82, 2.24) is 4.90 Å². The van der Waals surface area contributed by atoms with Gasteiger partial charge in [-0.2, -0.15) is 0 Å².